The van der Waals surface area contributed by atoms with E-state index in [-0.39, 0.29) is 5.56 Å². The molecule has 1 atom stereocenters. The van der Waals surface area contributed by atoms with Crippen molar-refractivity contribution in [3.05, 3.63) is 71.0 Å². The molecule has 0 amide bonds. The Labute approximate surface area is 127 Å². The predicted molar refractivity (Wildman–Crippen MR) is 78.0 cm³/mol. The van der Waals surface area contributed by atoms with E-state index in [1.54, 1.807) is 0 Å². The lowest BCUT2D eigenvalue weighted by molar-refractivity contribution is -0.137. The molecular weight excluding hydrogens is 294 g/mol. The van der Waals surface area contributed by atoms with E-state index in [1.807, 2.05) is 37.3 Å². The van der Waals surface area contributed by atoms with Crippen LogP contribution < -0.4 is 5.32 Å². The van der Waals surface area contributed by atoms with Crippen molar-refractivity contribution in [2.75, 3.05) is 6.54 Å². The van der Waals surface area contributed by atoms with Crippen LogP contribution in [0.3, 0.4) is 0 Å². The number of likely N-dealkylation sites (N-methyl/N-ethyl adjacent to an activating group) is 1. The molecule has 0 aliphatic rings. The predicted octanol–water partition coefficient (Wildman–Crippen LogP) is 4.74. The van der Waals surface area contributed by atoms with Gasteiger partial charge in [0.1, 0.15) is 5.82 Å². The van der Waals surface area contributed by atoms with Gasteiger partial charge in [-0.2, -0.15) is 13.2 Å². The Bertz CT molecular complexity index is 608. The normalized spacial score (nSPS) is 13.1. The van der Waals surface area contributed by atoms with Gasteiger partial charge in [-0.15, -0.1) is 0 Å². The summed E-state index contributed by atoms with van der Waals surface area (Å²) in [5, 5.41) is 3.06. The quantitative estimate of drug-likeness (QED) is 0.787. The Balaban J connectivity index is 2.35. The van der Waals surface area contributed by atoms with Crippen LogP contribution in [0.4, 0.5) is 17.6 Å². The molecule has 1 N–H and O–H groups in total. The summed E-state index contributed by atoms with van der Waals surface area (Å²) in [5.74, 6) is -0.630. The van der Waals surface area contributed by atoms with Gasteiger partial charge in [0.25, 0.3) is 0 Å². The molecule has 118 valence electrons. The average Bonchev–Trinajstić information content (AvgIpc) is 2.47. The fourth-order valence-corrected chi connectivity index (χ4v) is 2.38. The van der Waals surface area contributed by atoms with Crippen LogP contribution in [-0.2, 0) is 12.6 Å². The SMILES string of the molecule is CCNC(Cc1ccccc1)c1cc(C(F)(F)F)ccc1F. The van der Waals surface area contributed by atoms with E-state index in [1.165, 1.54) is 0 Å². The maximum atomic E-state index is 14.0. The van der Waals surface area contributed by atoms with E-state index in [2.05, 4.69) is 5.32 Å². The topological polar surface area (TPSA) is 12.0 Å². The summed E-state index contributed by atoms with van der Waals surface area (Å²) in [5.41, 5.74) is 0.144. The van der Waals surface area contributed by atoms with Gasteiger partial charge in [0, 0.05) is 11.6 Å². The minimum absolute atomic E-state index is 0.0422. The van der Waals surface area contributed by atoms with Crippen LogP contribution in [0.5, 0.6) is 0 Å². The number of rotatable bonds is 5. The maximum absolute atomic E-state index is 14.0. The summed E-state index contributed by atoms with van der Waals surface area (Å²) >= 11 is 0. The van der Waals surface area contributed by atoms with Gasteiger partial charge < -0.3 is 5.32 Å². The number of hydrogen-bond acceptors (Lipinski definition) is 1. The van der Waals surface area contributed by atoms with Crippen molar-refractivity contribution in [2.45, 2.75) is 25.6 Å². The fraction of sp³-hybridized carbons (Fsp3) is 0.294. The molecule has 1 nitrogen and oxygen atoms in total. The highest BCUT2D eigenvalue weighted by Gasteiger charge is 2.32. The highest BCUT2D eigenvalue weighted by molar-refractivity contribution is 5.31. The zero-order valence-electron chi connectivity index (χ0n) is 12.1. The molecule has 1 unspecified atom stereocenters. The Kier molecular flexibility index (Phi) is 5.19. The molecule has 0 aliphatic carbocycles. The summed E-state index contributed by atoms with van der Waals surface area (Å²) in [7, 11) is 0. The van der Waals surface area contributed by atoms with E-state index >= 15 is 0 Å². The van der Waals surface area contributed by atoms with Crippen molar-refractivity contribution in [3.8, 4) is 0 Å². The third kappa shape index (κ3) is 4.07. The number of halogens is 4. The van der Waals surface area contributed by atoms with E-state index in [4.69, 9.17) is 0 Å². The average molecular weight is 311 g/mol. The molecule has 22 heavy (non-hydrogen) atoms. The van der Waals surface area contributed by atoms with Crippen LogP contribution in [0.15, 0.2) is 48.5 Å². The smallest absolute Gasteiger partial charge is 0.310 e. The van der Waals surface area contributed by atoms with Gasteiger partial charge in [0.2, 0.25) is 0 Å². The Morgan fingerprint density at radius 2 is 1.73 bits per heavy atom. The molecule has 0 radical (unpaired) electrons. The third-order valence-corrected chi connectivity index (χ3v) is 3.43. The summed E-state index contributed by atoms with van der Waals surface area (Å²) in [4.78, 5) is 0. The van der Waals surface area contributed by atoms with Gasteiger partial charge in [-0.25, -0.2) is 4.39 Å². The lowest BCUT2D eigenvalue weighted by Gasteiger charge is -2.20. The van der Waals surface area contributed by atoms with Gasteiger partial charge in [0.05, 0.1) is 5.56 Å². The molecule has 2 aromatic carbocycles. The lowest BCUT2D eigenvalue weighted by Crippen LogP contribution is -2.24. The van der Waals surface area contributed by atoms with Crippen LogP contribution in [0.2, 0.25) is 0 Å². The molecule has 0 aliphatic heterocycles. The van der Waals surface area contributed by atoms with Crippen molar-refractivity contribution in [3.63, 3.8) is 0 Å². The summed E-state index contributed by atoms with van der Waals surface area (Å²) in [6, 6.07) is 11.3. The molecule has 0 spiro atoms. The van der Waals surface area contributed by atoms with Gasteiger partial charge in [-0.05, 0) is 36.7 Å². The van der Waals surface area contributed by atoms with Crippen LogP contribution in [0.1, 0.15) is 29.7 Å². The fourth-order valence-electron chi connectivity index (χ4n) is 2.38. The minimum Gasteiger partial charge on any atom is -0.310 e. The zero-order valence-corrected chi connectivity index (χ0v) is 12.1. The largest absolute Gasteiger partial charge is 0.416 e. The molecule has 5 heteroatoms. The van der Waals surface area contributed by atoms with Crippen molar-refractivity contribution in [1.29, 1.82) is 0 Å². The first-order chi connectivity index (χ1) is 10.4. The number of hydrogen-bond donors (Lipinski definition) is 1. The molecule has 2 rings (SSSR count). The first-order valence-corrected chi connectivity index (χ1v) is 7.05. The third-order valence-electron chi connectivity index (χ3n) is 3.43. The van der Waals surface area contributed by atoms with E-state index in [0.29, 0.717) is 13.0 Å². The van der Waals surface area contributed by atoms with E-state index < -0.39 is 23.6 Å². The standard InChI is InChI=1S/C17H17F4N/c1-2-22-16(10-12-6-4-3-5-7-12)14-11-13(17(19,20)21)8-9-15(14)18/h3-9,11,16,22H,2,10H2,1H3. The molecule has 0 bridgehead atoms. The highest BCUT2D eigenvalue weighted by Crippen LogP contribution is 2.32. The molecule has 0 saturated heterocycles. The lowest BCUT2D eigenvalue weighted by atomic mass is 9.96. The number of alkyl halides is 3. The molecule has 0 heterocycles. The van der Waals surface area contributed by atoms with Gasteiger partial charge in [-0.3, -0.25) is 0 Å². The second-order valence-corrected chi connectivity index (χ2v) is 5.03. The van der Waals surface area contributed by atoms with Crippen LogP contribution in [-0.4, -0.2) is 6.54 Å². The van der Waals surface area contributed by atoms with Crippen molar-refractivity contribution in [1.82, 2.24) is 5.32 Å². The zero-order chi connectivity index (χ0) is 16.2. The maximum Gasteiger partial charge on any atom is 0.416 e. The van der Waals surface area contributed by atoms with Gasteiger partial charge in [0.15, 0.2) is 0 Å². The number of nitrogens with one attached hydrogen (secondary N) is 1. The molecular formula is C17H17F4N. The molecule has 0 aromatic heterocycles. The number of benzene rings is 2. The van der Waals surface area contributed by atoms with E-state index in [0.717, 1.165) is 23.8 Å². The highest BCUT2D eigenvalue weighted by atomic mass is 19.4. The summed E-state index contributed by atoms with van der Waals surface area (Å²) < 4.78 is 52.5. The van der Waals surface area contributed by atoms with Crippen LogP contribution >= 0.6 is 0 Å². The van der Waals surface area contributed by atoms with Crippen LogP contribution in [0, 0.1) is 5.82 Å². The summed E-state index contributed by atoms with van der Waals surface area (Å²) in [6.45, 7) is 2.37. The summed E-state index contributed by atoms with van der Waals surface area (Å²) in [6.07, 6.45) is -4.06. The second-order valence-electron chi connectivity index (χ2n) is 5.03. The Morgan fingerprint density at radius 3 is 2.32 bits per heavy atom. The van der Waals surface area contributed by atoms with Crippen molar-refractivity contribution < 1.29 is 17.6 Å². The second kappa shape index (κ2) is 6.92. The molecule has 0 fully saturated rings. The van der Waals surface area contributed by atoms with Crippen molar-refractivity contribution in [2.24, 2.45) is 0 Å². The molecule has 2 aromatic rings. The Hall–Kier alpha value is -1.88. The van der Waals surface area contributed by atoms with Crippen molar-refractivity contribution >= 4 is 0 Å². The molecule has 0 saturated carbocycles. The Morgan fingerprint density at radius 1 is 1.05 bits per heavy atom. The first-order valence-electron chi connectivity index (χ1n) is 7.05. The van der Waals surface area contributed by atoms with Crippen LogP contribution in [0.25, 0.3) is 0 Å². The minimum atomic E-state index is -4.48. The van der Waals surface area contributed by atoms with Gasteiger partial charge in [-0.1, -0.05) is 37.3 Å². The monoisotopic (exact) mass is 311 g/mol. The first kappa shape index (κ1) is 16.5. The van der Waals surface area contributed by atoms with E-state index in [9.17, 15) is 17.6 Å². The van der Waals surface area contributed by atoms with Gasteiger partial charge >= 0.3 is 6.18 Å².